The number of aromatic nitrogens is 5. The third-order valence-corrected chi connectivity index (χ3v) is 10.6. The first-order chi connectivity index (χ1) is 26.6. The zero-order valence-corrected chi connectivity index (χ0v) is 30.5. The predicted molar refractivity (Wildman–Crippen MR) is 191 cm³/mol. The number of carboxylic acids is 2. The number of nitrogens with zero attached hydrogens (tertiary/aromatic N) is 5. The minimum Gasteiger partial charge on any atom is -0.508 e. The molecule has 23 heteroatoms. The summed E-state index contributed by atoms with van der Waals surface area (Å²) >= 11 is 2.14. The fraction of sp³-hybridized carbons (Fsp3) is 0.242. The number of esters is 2. The Hall–Kier alpha value is -6.75. The number of H-pyrrole nitrogens is 1. The second-order valence-electron chi connectivity index (χ2n) is 12.0. The second-order valence-corrected chi connectivity index (χ2v) is 14.1. The number of amides is 3. The highest BCUT2D eigenvalue weighted by Crippen LogP contribution is 2.42. The number of carbonyl (C=O) groups excluding carboxylic acids is 5. The third-order valence-electron chi connectivity index (χ3n) is 8.17. The van der Waals surface area contributed by atoms with Gasteiger partial charge in [0.1, 0.15) is 41.0 Å². The van der Waals surface area contributed by atoms with Gasteiger partial charge in [-0.3, -0.25) is 38.5 Å². The first-order valence-electron chi connectivity index (χ1n) is 16.1. The average molecular weight is 809 g/mol. The number of β-lactam (4-membered cyclic amide) rings is 1. The molecule has 1 unspecified atom stereocenters. The van der Waals surface area contributed by atoms with Crippen LogP contribution in [0.15, 0.2) is 63.8 Å². The molecule has 1 fully saturated rings. The van der Waals surface area contributed by atoms with Crippen LogP contribution in [0.1, 0.15) is 35.8 Å². The van der Waals surface area contributed by atoms with Gasteiger partial charge in [0.2, 0.25) is 16.5 Å². The summed E-state index contributed by atoms with van der Waals surface area (Å²) in [6.45, 7) is 1.69. The number of phenolic OH excluding ortho intramolecular Hbond substituents is 1. The topological polar surface area (TPSA) is 302 Å². The number of phenols is 1. The summed E-state index contributed by atoms with van der Waals surface area (Å²) in [5, 5.41) is 44.0. The molecule has 2 aliphatic rings. The van der Waals surface area contributed by atoms with Crippen molar-refractivity contribution in [3.05, 3.63) is 75.2 Å². The summed E-state index contributed by atoms with van der Waals surface area (Å²) in [5.74, 6) is -7.32. The maximum atomic E-state index is 13.9. The first kappa shape index (κ1) is 39.0. The standard InChI is InChI=1S/C33H28N8O13S2/c1-13(42)53-21-7-18-20(8-22(21)54-14(2)43)34-9-19(27(18)47)28(48)35-24(15-3-5-17(44)6-4-15)29(49)36-25-30(50)41-26(32(51)52)16(11-55-31(25)41)12-56-33-37-38-39-40(33)10-23(45)46/h3-9,24-25,31,44H,10-12H2,1-2H3,(H,34,47)(H,35,48)(H,36,49)(H,45,46)(H,51,52)/t24?,25-,31-/m1/s1. The number of tetrazole rings is 1. The Labute approximate surface area is 321 Å². The van der Waals surface area contributed by atoms with Crippen LogP contribution < -0.4 is 25.5 Å². The highest BCUT2D eigenvalue weighted by atomic mass is 32.2. The molecule has 2 aromatic heterocycles. The fourth-order valence-electron chi connectivity index (χ4n) is 5.75. The molecular weight excluding hydrogens is 781 g/mol. The lowest BCUT2D eigenvalue weighted by Crippen LogP contribution is -2.71. The van der Waals surface area contributed by atoms with Gasteiger partial charge in [-0.05, 0) is 39.8 Å². The van der Waals surface area contributed by atoms with Crippen molar-refractivity contribution in [1.29, 1.82) is 0 Å². The number of carboxylic acid groups (broad SMARTS) is 2. The SMILES string of the molecule is CC(=O)Oc1cc2[nH]cc(C(=O)NC(C(=O)N[C@@H]3C(=O)N4C(C(=O)O)=C(CSc5nnnn5CC(=O)O)CS[C@H]34)c3ccc(O)cc3)c(=O)c2cc1OC(C)=O. The predicted octanol–water partition coefficient (Wildman–Crippen LogP) is 0.157. The molecule has 0 radical (unpaired) electrons. The lowest BCUT2D eigenvalue weighted by Gasteiger charge is -2.49. The third kappa shape index (κ3) is 8.02. The molecule has 0 saturated carbocycles. The lowest BCUT2D eigenvalue weighted by atomic mass is 10.0. The van der Waals surface area contributed by atoms with Gasteiger partial charge in [0.15, 0.2) is 11.5 Å². The Morgan fingerprint density at radius 2 is 1.71 bits per heavy atom. The van der Waals surface area contributed by atoms with Crippen LogP contribution in [0.3, 0.4) is 0 Å². The highest BCUT2D eigenvalue weighted by molar-refractivity contribution is 8.01. The summed E-state index contributed by atoms with van der Waals surface area (Å²) in [6, 6.07) is 4.72. The molecule has 3 amide bonds. The number of aromatic amines is 1. The van der Waals surface area contributed by atoms with E-state index in [9.17, 15) is 48.6 Å². The number of ether oxygens (including phenoxy) is 2. The van der Waals surface area contributed by atoms with E-state index in [0.717, 1.165) is 59.2 Å². The minimum absolute atomic E-state index is 0.00341. The van der Waals surface area contributed by atoms with Crippen molar-refractivity contribution in [3.8, 4) is 17.2 Å². The monoisotopic (exact) mass is 808 g/mol. The largest absolute Gasteiger partial charge is 0.508 e. The number of pyridine rings is 1. The van der Waals surface area contributed by atoms with Crippen LogP contribution in [0.2, 0.25) is 0 Å². The van der Waals surface area contributed by atoms with Crippen LogP contribution in [0, 0.1) is 0 Å². The number of hydrogen-bond acceptors (Lipinski definition) is 16. The van der Waals surface area contributed by atoms with Gasteiger partial charge in [-0.25, -0.2) is 9.48 Å². The molecule has 4 heterocycles. The van der Waals surface area contributed by atoms with Crippen LogP contribution in [-0.4, -0.2) is 110 Å². The average Bonchev–Trinajstić information content (AvgIpc) is 3.57. The Bertz CT molecular complexity index is 2410. The van der Waals surface area contributed by atoms with Crippen LogP contribution in [0.4, 0.5) is 0 Å². The fourth-order valence-corrected chi connectivity index (χ4v) is 8.11. The first-order valence-corrected chi connectivity index (χ1v) is 18.1. The molecule has 4 aromatic rings. The van der Waals surface area contributed by atoms with Crippen molar-refractivity contribution in [2.75, 3.05) is 11.5 Å². The van der Waals surface area contributed by atoms with Gasteiger partial charge in [0.25, 0.3) is 11.8 Å². The van der Waals surface area contributed by atoms with Crippen LogP contribution in [-0.2, 0) is 35.3 Å². The van der Waals surface area contributed by atoms with E-state index in [1.807, 2.05) is 0 Å². The summed E-state index contributed by atoms with van der Waals surface area (Å²) in [7, 11) is 0. The molecule has 0 aliphatic carbocycles. The minimum atomic E-state index is -1.55. The van der Waals surface area contributed by atoms with Crippen molar-refractivity contribution >= 4 is 76.0 Å². The molecule has 0 spiro atoms. The number of nitrogens with one attached hydrogen (secondary N) is 3. The van der Waals surface area contributed by atoms with Crippen LogP contribution in [0.5, 0.6) is 17.2 Å². The van der Waals surface area contributed by atoms with Crippen LogP contribution >= 0.6 is 23.5 Å². The maximum Gasteiger partial charge on any atom is 0.352 e. The second kappa shape index (κ2) is 15.9. The summed E-state index contributed by atoms with van der Waals surface area (Å²) in [4.78, 5) is 105. The van der Waals surface area contributed by atoms with Gasteiger partial charge < -0.3 is 40.4 Å². The van der Waals surface area contributed by atoms with E-state index in [1.54, 1.807) is 0 Å². The molecule has 2 aromatic carbocycles. The van der Waals surface area contributed by atoms with Gasteiger partial charge >= 0.3 is 23.9 Å². The van der Waals surface area contributed by atoms with Crippen LogP contribution in [0.25, 0.3) is 10.9 Å². The van der Waals surface area contributed by atoms with E-state index in [0.29, 0.717) is 5.57 Å². The summed E-state index contributed by atoms with van der Waals surface area (Å²) in [5.41, 5.74) is -1.07. The van der Waals surface area contributed by atoms with Crippen molar-refractivity contribution < 1.29 is 58.4 Å². The van der Waals surface area contributed by atoms with E-state index >= 15 is 0 Å². The number of carbonyl (C=O) groups is 7. The Morgan fingerprint density at radius 1 is 1.04 bits per heavy atom. The Balaban J connectivity index is 1.23. The molecule has 3 atom stereocenters. The lowest BCUT2D eigenvalue weighted by molar-refractivity contribution is -0.151. The quantitative estimate of drug-likeness (QED) is 0.0453. The van der Waals surface area contributed by atoms with Crippen molar-refractivity contribution in [2.24, 2.45) is 0 Å². The van der Waals surface area contributed by atoms with Crippen molar-refractivity contribution in [3.63, 3.8) is 0 Å². The van der Waals surface area contributed by atoms with E-state index in [1.165, 1.54) is 30.3 Å². The summed E-state index contributed by atoms with van der Waals surface area (Å²) < 4.78 is 11.2. The van der Waals surface area contributed by atoms with E-state index < -0.39 is 76.6 Å². The van der Waals surface area contributed by atoms with Gasteiger partial charge in [-0.2, -0.15) is 0 Å². The molecule has 21 nitrogen and oxygen atoms in total. The molecule has 56 heavy (non-hydrogen) atoms. The van der Waals surface area contributed by atoms with E-state index in [2.05, 4.69) is 31.1 Å². The van der Waals surface area contributed by atoms with E-state index in [4.69, 9.17) is 14.6 Å². The number of benzene rings is 2. The van der Waals surface area contributed by atoms with Gasteiger partial charge in [0, 0.05) is 37.6 Å². The molecule has 6 rings (SSSR count). The molecule has 2 aliphatic heterocycles. The van der Waals surface area contributed by atoms with E-state index in [-0.39, 0.29) is 56.1 Å². The molecule has 6 N–H and O–H groups in total. The number of fused-ring (bicyclic) bond motifs is 2. The van der Waals surface area contributed by atoms with Crippen molar-refractivity contribution in [2.45, 2.75) is 43.0 Å². The zero-order chi connectivity index (χ0) is 40.4. The van der Waals surface area contributed by atoms with Gasteiger partial charge in [-0.15, -0.1) is 16.9 Å². The number of aromatic hydroxyl groups is 1. The van der Waals surface area contributed by atoms with Crippen molar-refractivity contribution in [1.82, 2.24) is 40.7 Å². The maximum absolute atomic E-state index is 13.9. The summed E-state index contributed by atoms with van der Waals surface area (Å²) in [6.07, 6.45) is 1.06. The number of thioether (sulfide) groups is 2. The highest BCUT2D eigenvalue weighted by Gasteiger charge is 2.54. The molecular formula is C33H28N8O13S2. The molecule has 1 saturated heterocycles. The normalized spacial score (nSPS) is 16.7. The smallest absolute Gasteiger partial charge is 0.352 e. The molecule has 0 bridgehead atoms. The van der Waals surface area contributed by atoms with Gasteiger partial charge in [-0.1, -0.05) is 23.9 Å². The van der Waals surface area contributed by atoms with Gasteiger partial charge in [0.05, 0.1) is 10.9 Å². The Kier molecular flexibility index (Phi) is 11.1. The zero-order valence-electron chi connectivity index (χ0n) is 28.9. The molecule has 290 valence electrons. The number of hydrogen-bond donors (Lipinski definition) is 6. The number of rotatable bonds is 13. The number of aliphatic carboxylic acids is 2. The Morgan fingerprint density at radius 3 is 2.36 bits per heavy atom.